The molecule has 2 N–H and O–H groups in total. The average Bonchev–Trinajstić information content (AvgIpc) is 2.92. The van der Waals surface area contributed by atoms with Crippen molar-refractivity contribution in [3.05, 3.63) is 35.5 Å². The van der Waals surface area contributed by atoms with E-state index in [0.717, 1.165) is 22.0 Å². The number of aromatic nitrogens is 1. The van der Waals surface area contributed by atoms with E-state index in [9.17, 15) is 9.59 Å². The van der Waals surface area contributed by atoms with Gasteiger partial charge in [0.15, 0.2) is 6.10 Å². The number of morpholine rings is 1. The highest BCUT2D eigenvalue weighted by Crippen LogP contribution is 2.22. The number of amides is 1. The van der Waals surface area contributed by atoms with Gasteiger partial charge in [0.1, 0.15) is 0 Å². The molecule has 0 saturated carbocycles. The Hall–Kier alpha value is -2.34. The van der Waals surface area contributed by atoms with Crippen molar-refractivity contribution in [2.24, 2.45) is 0 Å². The van der Waals surface area contributed by atoms with Gasteiger partial charge in [0.25, 0.3) is 0 Å². The number of rotatable bonds is 3. The Labute approximate surface area is 127 Å². The summed E-state index contributed by atoms with van der Waals surface area (Å²) in [6.07, 6.45) is 1.18. The molecular formula is C16H18N2O4. The van der Waals surface area contributed by atoms with E-state index in [1.807, 2.05) is 31.3 Å². The SMILES string of the molecule is Cc1cccc2c(CC(=O)N3CCOC(C(=O)O)C3)c[nH]c12. The molecule has 2 aromatic rings. The number of carboxylic acid groups (broad SMARTS) is 1. The van der Waals surface area contributed by atoms with Gasteiger partial charge in [0.2, 0.25) is 5.91 Å². The standard InChI is InChI=1S/C16H18N2O4/c1-10-3-2-4-12-11(8-17-15(10)12)7-14(19)18-5-6-22-13(9-18)16(20)21/h2-4,8,13,17H,5-7,9H2,1H3,(H,20,21). The number of benzene rings is 1. The van der Waals surface area contributed by atoms with Gasteiger partial charge in [-0.15, -0.1) is 0 Å². The molecule has 1 saturated heterocycles. The molecule has 1 aliphatic heterocycles. The van der Waals surface area contributed by atoms with Crippen molar-refractivity contribution in [2.45, 2.75) is 19.4 Å². The van der Waals surface area contributed by atoms with Crippen LogP contribution in [0.1, 0.15) is 11.1 Å². The summed E-state index contributed by atoms with van der Waals surface area (Å²) < 4.78 is 5.14. The van der Waals surface area contributed by atoms with Crippen LogP contribution in [-0.2, 0) is 20.7 Å². The summed E-state index contributed by atoms with van der Waals surface area (Å²) in [5.41, 5.74) is 3.10. The third-order valence-electron chi connectivity index (χ3n) is 4.05. The van der Waals surface area contributed by atoms with Gasteiger partial charge in [-0.1, -0.05) is 18.2 Å². The maximum Gasteiger partial charge on any atom is 0.334 e. The van der Waals surface area contributed by atoms with E-state index >= 15 is 0 Å². The van der Waals surface area contributed by atoms with Crippen LogP contribution in [-0.4, -0.2) is 52.7 Å². The number of aryl methyl sites for hydroxylation is 1. The Morgan fingerprint density at radius 1 is 1.45 bits per heavy atom. The maximum atomic E-state index is 12.4. The van der Waals surface area contributed by atoms with E-state index in [2.05, 4.69) is 4.98 Å². The monoisotopic (exact) mass is 302 g/mol. The first kappa shape index (κ1) is 14.6. The number of nitrogens with one attached hydrogen (secondary N) is 1. The number of para-hydroxylation sites is 1. The molecule has 6 nitrogen and oxygen atoms in total. The van der Waals surface area contributed by atoms with Crippen LogP contribution in [0, 0.1) is 6.92 Å². The number of carbonyl (C=O) groups is 2. The Balaban J connectivity index is 1.76. The Morgan fingerprint density at radius 3 is 3.05 bits per heavy atom. The molecule has 1 unspecified atom stereocenters. The summed E-state index contributed by atoms with van der Waals surface area (Å²) in [6.45, 7) is 2.82. The second-order valence-electron chi connectivity index (χ2n) is 5.53. The van der Waals surface area contributed by atoms with Crippen molar-refractivity contribution >= 4 is 22.8 Å². The Morgan fingerprint density at radius 2 is 2.27 bits per heavy atom. The van der Waals surface area contributed by atoms with Crippen LogP contribution in [0.5, 0.6) is 0 Å². The zero-order valence-electron chi connectivity index (χ0n) is 12.3. The predicted octanol–water partition coefficient (Wildman–Crippen LogP) is 1.33. The first-order chi connectivity index (χ1) is 10.6. The van der Waals surface area contributed by atoms with Gasteiger partial charge < -0.3 is 19.7 Å². The highest BCUT2D eigenvalue weighted by molar-refractivity contribution is 5.90. The van der Waals surface area contributed by atoms with E-state index in [1.54, 1.807) is 4.90 Å². The number of hydrogen-bond acceptors (Lipinski definition) is 3. The third-order valence-corrected chi connectivity index (χ3v) is 4.05. The van der Waals surface area contributed by atoms with Gasteiger partial charge >= 0.3 is 5.97 Å². The summed E-state index contributed by atoms with van der Waals surface area (Å²) >= 11 is 0. The first-order valence-corrected chi connectivity index (χ1v) is 7.24. The maximum absolute atomic E-state index is 12.4. The molecule has 22 heavy (non-hydrogen) atoms. The molecule has 1 aliphatic rings. The Bertz CT molecular complexity index is 722. The lowest BCUT2D eigenvalue weighted by atomic mass is 10.1. The molecule has 1 atom stereocenters. The minimum atomic E-state index is -1.03. The second-order valence-corrected chi connectivity index (χ2v) is 5.53. The number of fused-ring (bicyclic) bond motifs is 1. The van der Waals surface area contributed by atoms with Crippen LogP contribution in [0.25, 0.3) is 10.9 Å². The number of carbonyl (C=O) groups excluding carboxylic acids is 1. The van der Waals surface area contributed by atoms with Gasteiger partial charge in [-0.2, -0.15) is 0 Å². The Kier molecular flexibility index (Phi) is 3.85. The fourth-order valence-corrected chi connectivity index (χ4v) is 2.81. The van der Waals surface area contributed by atoms with Crippen molar-refractivity contribution in [3.8, 4) is 0 Å². The number of hydrogen-bond donors (Lipinski definition) is 2. The van der Waals surface area contributed by atoms with Gasteiger partial charge in [-0.05, 0) is 18.1 Å². The minimum absolute atomic E-state index is 0.0723. The molecule has 116 valence electrons. The molecule has 0 spiro atoms. The highest BCUT2D eigenvalue weighted by Gasteiger charge is 2.29. The number of ether oxygens (including phenoxy) is 1. The third kappa shape index (κ3) is 2.69. The number of nitrogens with zero attached hydrogens (tertiary/aromatic N) is 1. The normalized spacial score (nSPS) is 18.6. The van der Waals surface area contributed by atoms with E-state index < -0.39 is 12.1 Å². The van der Waals surface area contributed by atoms with E-state index in [-0.39, 0.29) is 25.5 Å². The largest absolute Gasteiger partial charge is 0.479 e. The number of aliphatic carboxylic acids is 1. The van der Waals surface area contributed by atoms with E-state index in [1.165, 1.54) is 0 Å². The van der Waals surface area contributed by atoms with Crippen LogP contribution in [0.4, 0.5) is 0 Å². The molecule has 6 heteroatoms. The lowest BCUT2D eigenvalue weighted by molar-refractivity contribution is -0.159. The van der Waals surface area contributed by atoms with Crippen molar-refractivity contribution in [2.75, 3.05) is 19.7 Å². The number of carboxylic acids is 1. The molecule has 3 rings (SSSR count). The van der Waals surface area contributed by atoms with Crippen molar-refractivity contribution in [3.63, 3.8) is 0 Å². The van der Waals surface area contributed by atoms with E-state index in [0.29, 0.717) is 6.54 Å². The smallest absolute Gasteiger partial charge is 0.334 e. The van der Waals surface area contributed by atoms with Crippen LogP contribution in [0.2, 0.25) is 0 Å². The molecule has 1 fully saturated rings. The van der Waals surface area contributed by atoms with Crippen molar-refractivity contribution < 1.29 is 19.4 Å². The van der Waals surface area contributed by atoms with Crippen LogP contribution in [0.15, 0.2) is 24.4 Å². The minimum Gasteiger partial charge on any atom is -0.479 e. The molecule has 1 aromatic carbocycles. The molecule has 0 aliphatic carbocycles. The molecule has 1 amide bonds. The van der Waals surface area contributed by atoms with Gasteiger partial charge in [-0.25, -0.2) is 4.79 Å². The summed E-state index contributed by atoms with van der Waals surface area (Å²) in [7, 11) is 0. The molecule has 0 radical (unpaired) electrons. The molecule has 0 bridgehead atoms. The zero-order valence-corrected chi connectivity index (χ0v) is 12.3. The summed E-state index contributed by atoms with van der Waals surface area (Å²) in [5, 5.41) is 10.0. The number of aromatic amines is 1. The first-order valence-electron chi connectivity index (χ1n) is 7.24. The van der Waals surface area contributed by atoms with Crippen LogP contribution >= 0.6 is 0 Å². The summed E-state index contributed by atoms with van der Waals surface area (Å²) in [5.74, 6) is -1.10. The number of H-pyrrole nitrogens is 1. The molecule has 1 aromatic heterocycles. The fourth-order valence-electron chi connectivity index (χ4n) is 2.81. The average molecular weight is 302 g/mol. The van der Waals surface area contributed by atoms with E-state index in [4.69, 9.17) is 9.84 Å². The summed E-state index contributed by atoms with van der Waals surface area (Å²) in [6, 6.07) is 5.97. The van der Waals surface area contributed by atoms with Gasteiger partial charge in [-0.3, -0.25) is 4.79 Å². The topological polar surface area (TPSA) is 82.6 Å². The van der Waals surface area contributed by atoms with Crippen molar-refractivity contribution in [1.82, 2.24) is 9.88 Å². The molecule has 2 heterocycles. The predicted molar refractivity (Wildman–Crippen MR) is 80.7 cm³/mol. The second kappa shape index (κ2) is 5.81. The highest BCUT2D eigenvalue weighted by atomic mass is 16.5. The van der Waals surface area contributed by atoms with Crippen LogP contribution < -0.4 is 0 Å². The quantitative estimate of drug-likeness (QED) is 0.896. The lowest BCUT2D eigenvalue weighted by Gasteiger charge is -2.30. The fraction of sp³-hybridized carbons (Fsp3) is 0.375. The van der Waals surface area contributed by atoms with Gasteiger partial charge in [0.05, 0.1) is 19.6 Å². The van der Waals surface area contributed by atoms with Crippen LogP contribution in [0.3, 0.4) is 0 Å². The summed E-state index contributed by atoms with van der Waals surface area (Å²) in [4.78, 5) is 28.2. The molecular weight excluding hydrogens is 284 g/mol. The zero-order chi connectivity index (χ0) is 15.7. The lowest BCUT2D eigenvalue weighted by Crippen LogP contribution is -2.49. The van der Waals surface area contributed by atoms with Crippen molar-refractivity contribution in [1.29, 1.82) is 0 Å². The van der Waals surface area contributed by atoms with Gasteiger partial charge in [0, 0.05) is 23.6 Å².